The fourth-order valence-electron chi connectivity index (χ4n) is 6.95. The Balaban J connectivity index is 1.27. The minimum atomic E-state index is -0.424. The van der Waals surface area contributed by atoms with Gasteiger partial charge in [0.1, 0.15) is 11.5 Å². The number of carbonyl (C=O) groups excluding carboxylic acids is 3. The number of fused-ring (bicyclic) bond motifs is 1. The molecule has 1 fully saturated rings. The largest absolute Gasteiger partial charge is 0.345 e. The summed E-state index contributed by atoms with van der Waals surface area (Å²) >= 11 is 0. The molecule has 4 aromatic rings. The quantitative estimate of drug-likeness (QED) is 0.311. The van der Waals surface area contributed by atoms with Crippen molar-refractivity contribution in [2.45, 2.75) is 64.5 Å². The number of allylic oxidation sites excluding steroid dienone is 2. The maximum Gasteiger partial charge on any atom is 0.222 e. The van der Waals surface area contributed by atoms with Crippen molar-refractivity contribution in [3.05, 3.63) is 71.6 Å². The van der Waals surface area contributed by atoms with Gasteiger partial charge < -0.3 is 9.47 Å². The lowest BCUT2D eigenvalue weighted by molar-refractivity contribution is -0.132. The molecule has 7 nitrogen and oxygen atoms in total. The lowest BCUT2D eigenvalue weighted by Crippen LogP contribution is -2.32. The second-order valence-corrected chi connectivity index (χ2v) is 11.4. The van der Waals surface area contributed by atoms with Gasteiger partial charge in [0, 0.05) is 55.0 Å². The monoisotopic (exact) mass is 538 g/mol. The molecule has 40 heavy (non-hydrogen) atoms. The number of amides is 1. The minimum Gasteiger partial charge on any atom is -0.345 e. The number of Topliss-reactive ketones (excluding diaryl/α,β-unsaturated/α-hetero) is 2. The van der Waals surface area contributed by atoms with E-state index in [1.54, 1.807) is 10.6 Å². The number of ketones is 2. The SMILES string of the molecule is O=C1CC(=O)C(c2cnc3ccccn23)=C1c1cn2c3c(cc(F)cc13)CN(C(=O)CCC1CCCCC1)CC2. The molecule has 3 aliphatic rings. The van der Waals surface area contributed by atoms with Crippen molar-refractivity contribution >= 4 is 45.2 Å². The van der Waals surface area contributed by atoms with E-state index in [-0.39, 0.29) is 23.9 Å². The van der Waals surface area contributed by atoms with Crippen LogP contribution in [-0.2, 0) is 27.5 Å². The Kier molecular flexibility index (Phi) is 6.13. The van der Waals surface area contributed by atoms with Gasteiger partial charge in [-0.05, 0) is 42.2 Å². The first kappa shape index (κ1) is 24.9. The van der Waals surface area contributed by atoms with Crippen molar-refractivity contribution in [2.24, 2.45) is 5.92 Å². The topological polar surface area (TPSA) is 76.7 Å². The van der Waals surface area contributed by atoms with Gasteiger partial charge in [-0.2, -0.15) is 0 Å². The summed E-state index contributed by atoms with van der Waals surface area (Å²) in [5.41, 5.74) is 3.97. The minimum absolute atomic E-state index is 0.114. The van der Waals surface area contributed by atoms with Crippen LogP contribution in [0.4, 0.5) is 4.39 Å². The number of hydrogen-bond acceptors (Lipinski definition) is 4. The van der Waals surface area contributed by atoms with Crippen LogP contribution in [0.15, 0.2) is 48.9 Å². The van der Waals surface area contributed by atoms with Gasteiger partial charge >= 0.3 is 0 Å². The zero-order valence-electron chi connectivity index (χ0n) is 22.4. The molecular weight excluding hydrogens is 507 g/mol. The molecule has 1 aliphatic heterocycles. The highest BCUT2D eigenvalue weighted by Gasteiger charge is 2.36. The number of carbonyl (C=O) groups is 3. The van der Waals surface area contributed by atoms with Crippen LogP contribution in [0.3, 0.4) is 0 Å². The molecule has 4 heterocycles. The van der Waals surface area contributed by atoms with E-state index in [2.05, 4.69) is 4.98 Å². The first-order valence-electron chi connectivity index (χ1n) is 14.3. The average molecular weight is 539 g/mol. The number of benzene rings is 1. The summed E-state index contributed by atoms with van der Waals surface area (Å²) in [5.74, 6) is -0.212. The van der Waals surface area contributed by atoms with Crippen molar-refractivity contribution in [3.63, 3.8) is 0 Å². The predicted molar refractivity (Wildman–Crippen MR) is 150 cm³/mol. The van der Waals surface area contributed by atoms with Gasteiger partial charge in [0.15, 0.2) is 11.6 Å². The molecule has 204 valence electrons. The maximum absolute atomic E-state index is 15.1. The highest BCUT2D eigenvalue weighted by Crippen LogP contribution is 2.41. The third-order valence-corrected chi connectivity index (χ3v) is 8.90. The number of hydrogen-bond donors (Lipinski definition) is 0. The maximum atomic E-state index is 15.1. The summed E-state index contributed by atoms with van der Waals surface area (Å²) in [5, 5.41) is 0.593. The van der Waals surface area contributed by atoms with Crippen molar-refractivity contribution in [3.8, 4) is 0 Å². The number of aromatic nitrogens is 3. The Morgan fingerprint density at radius 3 is 2.70 bits per heavy atom. The van der Waals surface area contributed by atoms with Crippen LogP contribution < -0.4 is 0 Å². The molecule has 0 atom stereocenters. The third-order valence-electron chi connectivity index (χ3n) is 8.90. The van der Waals surface area contributed by atoms with Crippen molar-refractivity contribution < 1.29 is 18.8 Å². The summed E-state index contributed by atoms with van der Waals surface area (Å²) in [6, 6.07) is 8.49. The van der Waals surface area contributed by atoms with Gasteiger partial charge in [0.2, 0.25) is 5.91 Å². The van der Waals surface area contributed by atoms with E-state index in [1.165, 1.54) is 44.2 Å². The van der Waals surface area contributed by atoms with Gasteiger partial charge in [-0.3, -0.25) is 18.8 Å². The van der Waals surface area contributed by atoms with Gasteiger partial charge in [-0.15, -0.1) is 0 Å². The zero-order chi connectivity index (χ0) is 27.4. The normalized spacial score (nSPS) is 18.4. The molecule has 0 spiro atoms. The molecule has 0 saturated heterocycles. The molecule has 1 aromatic carbocycles. The molecule has 1 saturated carbocycles. The number of rotatable bonds is 5. The van der Waals surface area contributed by atoms with E-state index in [9.17, 15) is 14.4 Å². The number of imidazole rings is 1. The predicted octanol–water partition coefficient (Wildman–Crippen LogP) is 5.58. The molecule has 0 radical (unpaired) electrons. The van der Waals surface area contributed by atoms with Crippen LogP contribution >= 0.6 is 0 Å². The molecule has 7 rings (SSSR count). The summed E-state index contributed by atoms with van der Waals surface area (Å²) in [7, 11) is 0. The van der Waals surface area contributed by atoms with E-state index in [0.29, 0.717) is 65.4 Å². The second kappa shape index (κ2) is 9.84. The lowest BCUT2D eigenvalue weighted by Gasteiger charge is -2.24. The fraction of sp³-hybridized carbons (Fsp3) is 0.375. The van der Waals surface area contributed by atoms with Gasteiger partial charge in [0.25, 0.3) is 0 Å². The Bertz CT molecular complexity index is 1720. The van der Waals surface area contributed by atoms with Crippen LogP contribution in [0, 0.1) is 11.7 Å². The van der Waals surface area contributed by atoms with Crippen molar-refractivity contribution in [1.82, 2.24) is 18.9 Å². The van der Waals surface area contributed by atoms with Gasteiger partial charge in [0.05, 0.1) is 29.4 Å². The molecule has 2 aliphatic carbocycles. The molecular formula is C32H31FN4O3. The second-order valence-electron chi connectivity index (χ2n) is 11.4. The highest BCUT2D eigenvalue weighted by atomic mass is 19.1. The Labute approximate surface area is 231 Å². The summed E-state index contributed by atoms with van der Waals surface area (Å²) in [4.78, 5) is 46.0. The molecule has 1 amide bonds. The van der Waals surface area contributed by atoms with E-state index in [4.69, 9.17) is 0 Å². The molecule has 0 bridgehead atoms. The zero-order valence-corrected chi connectivity index (χ0v) is 22.4. The highest BCUT2D eigenvalue weighted by molar-refractivity contribution is 6.51. The Morgan fingerprint density at radius 1 is 1.02 bits per heavy atom. The Morgan fingerprint density at radius 2 is 1.85 bits per heavy atom. The molecule has 0 unspecified atom stereocenters. The Hall–Kier alpha value is -4.07. The van der Waals surface area contributed by atoms with E-state index in [0.717, 1.165) is 17.5 Å². The van der Waals surface area contributed by atoms with E-state index in [1.807, 2.05) is 40.1 Å². The summed E-state index contributed by atoms with van der Waals surface area (Å²) in [6.45, 7) is 1.37. The summed E-state index contributed by atoms with van der Waals surface area (Å²) < 4.78 is 18.9. The van der Waals surface area contributed by atoms with Gasteiger partial charge in [-0.1, -0.05) is 38.2 Å². The van der Waals surface area contributed by atoms with Crippen LogP contribution in [-0.4, -0.2) is 42.9 Å². The first-order chi connectivity index (χ1) is 19.5. The van der Waals surface area contributed by atoms with Crippen LogP contribution in [0.25, 0.3) is 27.7 Å². The first-order valence-corrected chi connectivity index (χ1v) is 14.3. The third kappa shape index (κ3) is 4.17. The molecule has 3 aromatic heterocycles. The van der Waals surface area contributed by atoms with E-state index < -0.39 is 5.82 Å². The lowest BCUT2D eigenvalue weighted by atomic mass is 9.86. The summed E-state index contributed by atoms with van der Waals surface area (Å²) in [6.07, 6.45) is 12.7. The number of halogens is 1. The van der Waals surface area contributed by atoms with Crippen molar-refractivity contribution in [1.29, 1.82) is 0 Å². The molecule has 0 N–H and O–H groups in total. The average Bonchev–Trinajstić information content (AvgIpc) is 3.58. The number of nitrogens with zero attached hydrogens (tertiary/aromatic N) is 4. The van der Waals surface area contributed by atoms with Crippen LogP contribution in [0.1, 0.15) is 68.2 Å². The van der Waals surface area contributed by atoms with E-state index >= 15 is 4.39 Å². The molecule has 8 heteroatoms. The smallest absolute Gasteiger partial charge is 0.222 e. The van der Waals surface area contributed by atoms with Gasteiger partial charge in [-0.25, -0.2) is 9.37 Å². The van der Waals surface area contributed by atoms with Crippen LogP contribution in [0.2, 0.25) is 0 Å². The van der Waals surface area contributed by atoms with Crippen molar-refractivity contribution in [2.75, 3.05) is 6.54 Å². The van der Waals surface area contributed by atoms with Crippen LogP contribution in [0.5, 0.6) is 0 Å². The number of pyridine rings is 1. The fourth-order valence-corrected chi connectivity index (χ4v) is 6.95. The standard InChI is InChI=1S/C32H31FN4O3/c33-22-14-21-18-35(29(40)10-9-20-6-2-1-3-7-20)12-13-36-19-24(23(15-22)32(21)36)30-26(38)16-27(39)31(30)25-17-34-28-8-4-5-11-37(25)28/h4-5,8,11,14-15,17,19-20H,1-3,6-7,9-10,12-13,16,18H2.